The van der Waals surface area contributed by atoms with Crippen LogP contribution in [0.5, 0.6) is 11.5 Å². The normalized spacial score (nSPS) is 23.3. The molecule has 98 valence electrons. The molecule has 1 saturated carbocycles. The second-order valence-electron chi connectivity index (χ2n) is 6.56. The van der Waals surface area contributed by atoms with E-state index in [0.29, 0.717) is 13.2 Å². The predicted molar refractivity (Wildman–Crippen MR) is 71.1 cm³/mol. The van der Waals surface area contributed by atoms with Crippen molar-refractivity contribution in [2.45, 2.75) is 38.6 Å². The lowest BCUT2D eigenvalue weighted by Gasteiger charge is -2.19. The maximum Gasteiger partial charge on any atom is 0.161 e. The number of fused-ring (bicyclic) bond motifs is 1. The minimum absolute atomic E-state index is 0.0408. The van der Waals surface area contributed by atoms with E-state index in [1.54, 1.807) is 0 Å². The Bertz CT molecular complexity index is 464. The van der Waals surface area contributed by atoms with Gasteiger partial charge < -0.3 is 15.2 Å². The van der Waals surface area contributed by atoms with Crippen molar-refractivity contribution in [2.24, 2.45) is 11.1 Å². The van der Waals surface area contributed by atoms with E-state index in [9.17, 15) is 0 Å². The van der Waals surface area contributed by atoms with E-state index >= 15 is 0 Å². The van der Waals surface area contributed by atoms with Gasteiger partial charge in [-0.15, -0.1) is 0 Å². The van der Waals surface area contributed by atoms with Crippen molar-refractivity contribution in [3.63, 3.8) is 0 Å². The van der Waals surface area contributed by atoms with Gasteiger partial charge in [0.05, 0.1) is 13.2 Å². The van der Waals surface area contributed by atoms with Gasteiger partial charge in [-0.1, -0.05) is 19.9 Å². The lowest BCUT2D eigenvalue weighted by molar-refractivity contribution is 0.140. The summed E-state index contributed by atoms with van der Waals surface area (Å²) in [5, 5.41) is 0. The third-order valence-electron chi connectivity index (χ3n) is 3.69. The standard InChI is InChI=1S/C15H21NO2/c1-14(2)9-17-12-4-3-11(7-13(12)18-10-14)8-15(16)5-6-15/h3-4,7H,5-6,8-10,16H2,1-2H3. The van der Waals surface area contributed by atoms with Crippen molar-refractivity contribution in [3.05, 3.63) is 23.8 Å². The maximum atomic E-state index is 6.16. The number of nitrogens with two attached hydrogens (primary N) is 1. The number of hydrogen-bond acceptors (Lipinski definition) is 3. The molecular formula is C15H21NO2. The Hall–Kier alpha value is -1.22. The first kappa shape index (κ1) is 11.8. The minimum atomic E-state index is 0.0408. The molecule has 1 aliphatic heterocycles. The fourth-order valence-corrected chi connectivity index (χ4v) is 2.23. The van der Waals surface area contributed by atoms with Crippen molar-refractivity contribution in [1.29, 1.82) is 0 Å². The van der Waals surface area contributed by atoms with E-state index in [1.807, 2.05) is 6.07 Å². The second kappa shape index (κ2) is 3.89. The SMILES string of the molecule is CC1(C)COc2ccc(CC3(N)CC3)cc2OC1. The van der Waals surface area contributed by atoms with E-state index in [1.165, 1.54) is 5.56 Å². The molecule has 0 unspecified atom stereocenters. The lowest BCUT2D eigenvalue weighted by Crippen LogP contribution is -2.26. The number of hydrogen-bond donors (Lipinski definition) is 1. The molecule has 2 aliphatic rings. The summed E-state index contributed by atoms with van der Waals surface area (Å²) >= 11 is 0. The Balaban J connectivity index is 1.81. The van der Waals surface area contributed by atoms with Crippen LogP contribution in [-0.4, -0.2) is 18.8 Å². The van der Waals surface area contributed by atoms with Gasteiger partial charge in [0.15, 0.2) is 11.5 Å². The van der Waals surface area contributed by atoms with Gasteiger partial charge in [0.25, 0.3) is 0 Å². The van der Waals surface area contributed by atoms with Crippen LogP contribution >= 0.6 is 0 Å². The van der Waals surface area contributed by atoms with Crippen LogP contribution in [0.2, 0.25) is 0 Å². The monoisotopic (exact) mass is 247 g/mol. The van der Waals surface area contributed by atoms with Crippen LogP contribution in [0.25, 0.3) is 0 Å². The van der Waals surface area contributed by atoms with Gasteiger partial charge >= 0.3 is 0 Å². The molecule has 3 nitrogen and oxygen atoms in total. The van der Waals surface area contributed by atoms with Gasteiger partial charge in [-0.2, -0.15) is 0 Å². The highest BCUT2D eigenvalue weighted by Crippen LogP contribution is 2.39. The highest BCUT2D eigenvalue weighted by atomic mass is 16.5. The van der Waals surface area contributed by atoms with Crippen LogP contribution in [0.4, 0.5) is 0 Å². The fourth-order valence-electron chi connectivity index (χ4n) is 2.23. The summed E-state index contributed by atoms with van der Waals surface area (Å²) < 4.78 is 11.7. The molecule has 2 N–H and O–H groups in total. The number of benzene rings is 1. The average Bonchev–Trinajstić information content (AvgIpc) is 3.04. The first-order valence-electron chi connectivity index (χ1n) is 6.63. The Morgan fingerprint density at radius 1 is 1.11 bits per heavy atom. The Labute approximate surface area is 108 Å². The summed E-state index contributed by atoms with van der Waals surface area (Å²) in [5.41, 5.74) is 7.50. The molecule has 0 aromatic heterocycles. The van der Waals surface area contributed by atoms with Crippen molar-refractivity contribution >= 4 is 0 Å². The maximum absolute atomic E-state index is 6.16. The summed E-state index contributed by atoms with van der Waals surface area (Å²) in [4.78, 5) is 0. The molecule has 0 radical (unpaired) electrons. The molecule has 0 saturated heterocycles. The Morgan fingerprint density at radius 3 is 2.44 bits per heavy atom. The largest absolute Gasteiger partial charge is 0.489 e. The Morgan fingerprint density at radius 2 is 1.78 bits per heavy atom. The molecule has 1 heterocycles. The van der Waals surface area contributed by atoms with E-state index in [4.69, 9.17) is 15.2 Å². The van der Waals surface area contributed by atoms with Crippen LogP contribution < -0.4 is 15.2 Å². The molecular weight excluding hydrogens is 226 g/mol. The predicted octanol–water partition coefficient (Wildman–Crippen LogP) is 2.52. The van der Waals surface area contributed by atoms with E-state index in [2.05, 4.69) is 26.0 Å². The van der Waals surface area contributed by atoms with E-state index in [-0.39, 0.29) is 11.0 Å². The van der Waals surface area contributed by atoms with E-state index in [0.717, 1.165) is 30.8 Å². The molecule has 1 aromatic rings. The number of rotatable bonds is 2. The highest BCUT2D eigenvalue weighted by Gasteiger charge is 2.38. The first-order valence-corrected chi connectivity index (χ1v) is 6.63. The third kappa shape index (κ3) is 2.46. The molecule has 1 aromatic carbocycles. The van der Waals surface area contributed by atoms with Gasteiger partial charge in [-0.05, 0) is 37.0 Å². The van der Waals surface area contributed by atoms with Crippen LogP contribution in [0.3, 0.4) is 0 Å². The van der Waals surface area contributed by atoms with Gasteiger partial charge in [-0.3, -0.25) is 0 Å². The van der Waals surface area contributed by atoms with Gasteiger partial charge in [0.1, 0.15) is 0 Å². The van der Waals surface area contributed by atoms with Gasteiger partial charge in [0.2, 0.25) is 0 Å². The van der Waals surface area contributed by atoms with Crippen LogP contribution in [-0.2, 0) is 6.42 Å². The summed E-state index contributed by atoms with van der Waals surface area (Å²) in [5.74, 6) is 1.72. The van der Waals surface area contributed by atoms with Crippen LogP contribution in [0.15, 0.2) is 18.2 Å². The fraction of sp³-hybridized carbons (Fsp3) is 0.600. The molecule has 0 bridgehead atoms. The van der Waals surface area contributed by atoms with Crippen molar-refractivity contribution < 1.29 is 9.47 Å². The summed E-state index contributed by atoms with van der Waals surface area (Å²) in [6.07, 6.45) is 3.20. The smallest absolute Gasteiger partial charge is 0.161 e. The summed E-state index contributed by atoms with van der Waals surface area (Å²) in [7, 11) is 0. The average molecular weight is 247 g/mol. The zero-order chi connectivity index (χ0) is 12.8. The highest BCUT2D eigenvalue weighted by molar-refractivity contribution is 5.44. The quantitative estimate of drug-likeness (QED) is 0.873. The molecule has 3 rings (SSSR count). The molecule has 3 heteroatoms. The molecule has 0 amide bonds. The van der Waals surface area contributed by atoms with Crippen molar-refractivity contribution in [2.75, 3.05) is 13.2 Å². The molecule has 1 fully saturated rings. The molecule has 0 atom stereocenters. The Kier molecular flexibility index (Phi) is 2.56. The molecule has 18 heavy (non-hydrogen) atoms. The lowest BCUT2D eigenvalue weighted by atomic mass is 9.97. The second-order valence-corrected chi connectivity index (χ2v) is 6.56. The van der Waals surface area contributed by atoms with Gasteiger partial charge in [0, 0.05) is 11.0 Å². The van der Waals surface area contributed by atoms with Crippen LogP contribution in [0.1, 0.15) is 32.3 Å². The van der Waals surface area contributed by atoms with E-state index < -0.39 is 0 Å². The summed E-state index contributed by atoms with van der Waals surface area (Å²) in [6.45, 7) is 5.69. The first-order chi connectivity index (χ1) is 8.46. The number of ether oxygens (including phenoxy) is 2. The minimum Gasteiger partial charge on any atom is -0.489 e. The zero-order valence-corrected chi connectivity index (χ0v) is 11.2. The zero-order valence-electron chi connectivity index (χ0n) is 11.2. The molecule has 0 spiro atoms. The van der Waals surface area contributed by atoms with Crippen LogP contribution in [0, 0.1) is 5.41 Å². The van der Waals surface area contributed by atoms with Crippen molar-refractivity contribution in [3.8, 4) is 11.5 Å². The molecule has 1 aliphatic carbocycles. The topological polar surface area (TPSA) is 44.5 Å². The summed E-state index contributed by atoms with van der Waals surface area (Å²) in [6, 6.07) is 6.20. The van der Waals surface area contributed by atoms with Gasteiger partial charge in [-0.25, -0.2) is 0 Å². The van der Waals surface area contributed by atoms with Crippen molar-refractivity contribution in [1.82, 2.24) is 0 Å². The third-order valence-corrected chi connectivity index (χ3v) is 3.69.